The van der Waals surface area contributed by atoms with Gasteiger partial charge < -0.3 is 40.3 Å². The molecule has 0 saturated carbocycles. The van der Waals surface area contributed by atoms with Gasteiger partial charge in [0.15, 0.2) is 6.29 Å². The maximum Gasteiger partial charge on any atom is 0.220 e. The third-order valence-electron chi connectivity index (χ3n) is 9.53. The van der Waals surface area contributed by atoms with Crippen LogP contribution in [0.2, 0.25) is 0 Å². The summed E-state index contributed by atoms with van der Waals surface area (Å²) in [7, 11) is 0. The molecule has 0 bridgehead atoms. The standard InChI is InChI=1S/C40H75NO8/c1-3-5-7-8-9-10-11-12-13-14-15-16-17-18-19-20-21-22-23-24-25-26-28-29-34(43)33(41-36(44)30-27-6-4-2)32-48-40-39(47)38(46)37(45)35(31-42)49-40/h23-24,28-29,33-35,37-40,42-43,45-47H,3-22,25-27,30-32H2,1-2H3,(H,41,44)/b24-23+,29-28+. The fourth-order valence-electron chi connectivity index (χ4n) is 6.23. The van der Waals surface area contributed by atoms with Gasteiger partial charge in [-0.2, -0.15) is 0 Å². The molecule has 0 spiro atoms. The number of hydrogen-bond donors (Lipinski definition) is 6. The normalized spacial score (nSPS) is 22.6. The van der Waals surface area contributed by atoms with E-state index in [0.29, 0.717) is 6.42 Å². The first-order valence-corrected chi connectivity index (χ1v) is 20.1. The summed E-state index contributed by atoms with van der Waals surface area (Å²) < 4.78 is 11.0. The van der Waals surface area contributed by atoms with Crippen LogP contribution >= 0.6 is 0 Å². The molecule has 1 aliphatic heterocycles. The van der Waals surface area contributed by atoms with E-state index in [1.807, 2.05) is 6.08 Å². The van der Waals surface area contributed by atoms with Crippen molar-refractivity contribution in [2.24, 2.45) is 0 Å². The molecule has 9 heteroatoms. The van der Waals surface area contributed by atoms with Crippen LogP contribution < -0.4 is 5.32 Å². The van der Waals surface area contributed by atoms with Crippen LogP contribution in [0.5, 0.6) is 0 Å². The van der Waals surface area contributed by atoms with E-state index in [1.54, 1.807) is 6.08 Å². The van der Waals surface area contributed by atoms with Crippen molar-refractivity contribution in [1.82, 2.24) is 5.32 Å². The Morgan fingerprint density at radius 3 is 1.71 bits per heavy atom. The van der Waals surface area contributed by atoms with Crippen molar-refractivity contribution in [3.05, 3.63) is 24.3 Å². The SMILES string of the molecule is CCCCCCCCCCCCCCCCCCC/C=C/CC/C=C/C(O)C(COC1OC(CO)C(O)C(O)C1O)NC(=O)CCCCC. The van der Waals surface area contributed by atoms with E-state index in [2.05, 4.69) is 31.3 Å². The second kappa shape index (κ2) is 31.4. The summed E-state index contributed by atoms with van der Waals surface area (Å²) >= 11 is 0. The molecular formula is C40H75NO8. The van der Waals surface area contributed by atoms with Gasteiger partial charge in [-0.3, -0.25) is 4.79 Å². The van der Waals surface area contributed by atoms with E-state index in [-0.39, 0.29) is 12.5 Å². The van der Waals surface area contributed by atoms with Crippen molar-refractivity contribution in [1.29, 1.82) is 0 Å². The smallest absolute Gasteiger partial charge is 0.220 e. The lowest BCUT2D eigenvalue weighted by molar-refractivity contribution is -0.302. The monoisotopic (exact) mass is 698 g/mol. The van der Waals surface area contributed by atoms with Gasteiger partial charge in [-0.05, 0) is 32.1 Å². The molecule has 7 atom stereocenters. The summed E-state index contributed by atoms with van der Waals surface area (Å²) in [5, 5.41) is 53.4. The summed E-state index contributed by atoms with van der Waals surface area (Å²) in [6.07, 6.45) is 29.0. The molecule has 1 amide bonds. The van der Waals surface area contributed by atoms with Crippen molar-refractivity contribution in [3.8, 4) is 0 Å². The number of aliphatic hydroxyl groups excluding tert-OH is 5. The molecule has 0 aromatic carbocycles. The van der Waals surface area contributed by atoms with Gasteiger partial charge in [0.05, 0.1) is 25.4 Å². The zero-order valence-corrected chi connectivity index (χ0v) is 31.2. The molecule has 1 rings (SSSR count). The summed E-state index contributed by atoms with van der Waals surface area (Å²) in [6.45, 7) is 3.57. The zero-order chi connectivity index (χ0) is 36.0. The fraction of sp³-hybridized carbons (Fsp3) is 0.875. The maximum atomic E-state index is 12.5. The van der Waals surface area contributed by atoms with E-state index in [4.69, 9.17) is 9.47 Å². The number of unbranched alkanes of at least 4 members (excludes halogenated alkanes) is 20. The second-order valence-corrected chi connectivity index (χ2v) is 14.1. The minimum atomic E-state index is -1.57. The Labute approximate surface area is 298 Å². The second-order valence-electron chi connectivity index (χ2n) is 14.1. The molecule has 6 N–H and O–H groups in total. The third kappa shape index (κ3) is 23.0. The van der Waals surface area contributed by atoms with E-state index in [9.17, 15) is 30.3 Å². The fourth-order valence-corrected chi connectivity index (χ4v) is 6.23. The van der Waals surface area contributed by atoms with Gasteiger partial charge in [-0.1, -0.05) is 154 Å². The summed E-state index contributed by atoms with van der Waals surface area (Å²) in [5.41, 5.74) is 0. The lowest BCUT2D eigenvalue weighted by atomic mass is 9.99. The first-order valence-electron chi connectivity index (χ1n) is 20.1. The Balaban J connectivity index is 2.22. The van der Waals surface area contributed by atoms with Crippen LogP contribution in [0.3, 0.4) is 0 Å². The van der Waals surface area contributed by atoms with Crippen LogP contribution in [-0.4, -0.2) is 87.5 Å². The lowest BCUT2D eigenvalue weighted by Gasteiger charge is -2.40. The van der Waals surface area contributed by atoms with Crippen LogP contribution in [0.1, 0.15) is 168 Å². The molecule has 1 fully saturated rings. The molecule has 288 valence electrons. The van der Waals surface area contributed by atoms with Gasteiger partial charge >= 0.3 is 0 Å². The van der Waals surface area contributed by atoms with Crippen molar-refractivity contribution in [3.63, 3.8) is 0 Å². The molecule has 0 aromatic rings. The molecule has 49 heavy (non-hydrogen) atoms. The number of ether oxygens (including phenoxy) is 2. The predicted octanol–water partition coefficient (Wildman–Crippen LogP) is 7.16. The van der Waals surface area contributed by atoms with Crippen molar-refractivity contribution < 1.29 is 39.8 Å². The molecule has 1 heterocycles. The number of rotatable bonds is 32. The van der Waals surface area contributed by atoms with E-state index < -0.39 is 49.5 Å². The summed E-state index contributed by atoms with van der Waals surface area (Å²) in [6, 6.07) is -0.812. The average molecular weight is 698 g/mol. The molecule has 7 unspecified atom stereocenters. The van der Waals surface area contributed by atoms with Crippen LogP contribution in [0.4, 0.5) is 0 Å². The average Bonchev–Trinajstić information content (AvgIpc) is 3.10. The van der Waals surface area contributed by atoms with Gasteiger partial charge in [-0.15, -0.1) is 0 Å². The Bertz CT molecular complexity index is 822. The largest absolute Gasteiger partial charge is 0.394 e. The maximum absolute atomic E-state index is 12.5. The minimum Gasteiger partial charge on any atom is -0.394 e. The first kappa shape index (κ1) is 45.7. The lowest BCUT2D eigenvalue weighted by Crippen LogP contribution is -2.60. The number of carbonyl (C=O) groups excluding carboxylic acids is 1. The highest BCUT2D eigenvalue weighted by atomic mass is 16.7. The van der Waals surface area contributed by atoms with Gasteiger partial charge in [0.25, 0.3) is 0 Å². The number of amides is 1. The van der Waals surface area contributed by atoms with Crippen molar-refractivity contribution >= 4 is 5.91 Å². The predicted molar refractivity (Wildman–Crippen MR) is 198 cm³/mol. The number of hydrogen-bond acceptors (Lipinski definition) is 8. The van der Waals surface area contributed by atoms with Crippen molar-refractivity contribution in [2.75, 3.05) is 13.2 Å². The Hall–Kier alpha value is -1.33. The van der Waals surface area contributed by atoms with Gasteiger partial charge in [0.1, 0.15) is 24.4 Å². The molecule has 1 saturated heterocycles. The highest BCUT2D eigenvalue weighted by molar-refractivity contribution is 5.76. The van der Waals surface area contributed by atoms with Crippen LogP contribution in [0, 0.1) is 0 Å². The van der Waals surface area contributed by atoms with Crippen molar-refractivity contribution in [2.45, 2.75) is 211 Å². The number of aliphatic hydroxyl groups is 5. The number of carbonyl (C=O) groups is 1. The first-order chi connectivity index (χ1) is 23.8. The molecule has 0 aromatic heterocycles. The van der Waals surface area contributed by atoms with Gasteiger partial charge in [0, 0.05) is 6.42 Å². The molecule has 0 radical (unpaired) electrons. The topological polar surface area (TPSA) is 149 Å². The summed E-state index contributed by atoms with van der Waals surface area (Å²) in [5.74, 6) is -0.212. The molecule has 1 aliphatic rings. The van der Waals surface area contributed by atoms with E-state index >= 15 is 0 Å². The highest BCUT2D eigenvalue weighted by Crippen LogP contribution is 2.22. The van der Waals surface area contributed by atoms with Gasteiger partial charge in [-0.25, -0.2) is 0 Å². The van der Waals surface area contributed by atoms with E-state index in [1.165, 1.54) is 109 Å². The molecule has 0 aliphatic carbocycles. The minimum absolute atomic E-state index is 0.201. The van der Waals surface area contributed by atoms with Gasteiger partial charge in [0.2, 0.25) is 5.91 Å². The molecular weight excluding hydrogens is 622 g/mol. The molecule has 9 nitrogen and oxygen atoms in total. The number of allylic oxidation sites excluding steroid dienone is 3. The Kier molecular flexibility index (Phi) is 29.3. The zero-order valence-electron chi connectivity index (χ0n) is 31.2. The number of nitrogens with one attached hydrogen (secondary N) is 1. The summed E-state index contributed by atoms with van der Waals surface area (Å²) in [4.78, 5) is 12.5. The van der Waals surface area contributed by atoms with E-state index in [0.717, 1.165) is 38.5 Å². The Morgan fingerprint density at radius 2 is 1.16 bits per heavy atom. The third-order valence-corrected chi connectivity index (χ3v) is 9.53. The van der Waals surface area contributed by atoms with Crippen LogP contribution in [-0.2, 0) is 14.3 Å². The van der Waals surface area contributed by atoms with Crippen LogP contribution in [0.25, 0.3) is 0 Å². The quantitative estimate of drug-likeness (QED) is 0.0320. The van der Waals surface area contributed by atoms with Crippen LogP contribution in [0.15, 0.2) is 24.3 Å². The highest BCUT2D eigenvalue weighted by Gasteiger charge is 2.44. The Morgan fingerprint density at radius 1 is 0.673 bits per heavy atom.